The van der Waals surface area contributed by atoms with E-state index < -0.39 is 0 Å². The van der Waals surface area contributed by atoms with Crippen LogP contribution in [-0.2, 0) is 4.74 Å². The fourth-order valence-corrected chi connectivity index (χ4v) is 2.75. The Morgan fingerprint density at radius 2 is 1.65 bits per heavy atom. The van der Waals surface area contributed by atoms with Gasteiger partial charge in [-0.3, -0.25) is 4.90 Å². The molecule has 2 N–H and O–H groups in total. The third-order valence-corrected chi connectivity index (χ3v) is 3.57. The lowest BCUT2D eigenvalue weighted by atomic mass is 9.86. The van der Waals surface area contributed by atoms with E-state index in [1.165, 1.54) is 25.7 Å². The second-order valence-electron chi connectivity index (χ2n) is 4.71. The summed E-state index contributed by atoms with van der Waals surface area (Å²) in [5.74, 6) is 0. The lowest BCUT2D eigenvalue weighted by Crippen LogP contribution is -2.54. The van der Waals surface area contributed by atoms with Crippen molar-refractivity contribution in [2.24, 2.45) is 5.73 Å². The van der Waals surface area contributed by atoms with Gasteiger partial charge in [0.2, 0.25) is 0 Å². The van der Waals surface area contributed by atoms with Crippen LogP contribution in [0.5, 0.6) is 0 Å². The minimum Gasteiger partial charge on any atom is -0.380 e. The Labute approximate surface area is 108 Å². The van der Waals surface area contributed by atoms with E-state index in [4.69, 9.17) is 10.5 Å². The van der Waals surface area contributed by atoms with Gasteiger partial charge in [0.15, 0.2) is 0 Å². The molecule has 104 valence electrons. The summed E-state index contributed by atoms with van der Waals surface area (Å²) < 4.78 is 5.48. The zero-order valence-corrected chi connectivity index (χ0v) is 12.3. The largest absolute Gasteiger partial charge is 0.380 e. The molecule has 0 saturated heterocycles. The molecule has 0 amide bonds. The molecule has 0 aromatic heterocycles. The summed E-state index contributed by atoms with van der Waals surface area (Å²) in [6, 6.07) is 0. The molecular formula is C14H32N2O. The van der Waals surface area contributed by atoms with Crippen LogP contribution in [-0.4, -0.2) is 43.3 Å². The fraction of sp³-hybridized carbons (Fsp3) is 1.00. The van der Waals surface area contributed by atoms with E-state index in [2.05, 4.69) is 25.7 Å². The summed E-state index contributed by atoms with van der Waals surface area (Å²) >= 11 is 0. The summed E-state index contributed by atoms with van der Waals surface area (Å²) in [5.41, 5.74) is 6.27. The fourth-order valence-electron chi connectivity index (χ4n) is 2.75. The molecule has 0 bridgehead atoms. The van der Waals surface area contributed by atoms with Gasteiger partial charge in [-0.1, -0.05) is 33.6 Å². The molecule has 0 aromatic carbocycles. The lowest BCUT2D eigenvalue weighted by Gasteiger charge is -2.43. The van der Waals surface area contributed by atoms with E-state index in [1.807, 2.05) is 6.92 Å². The molecule has 0 spiro atoms. The second kappa shape index (κ2) is 9.86. The van der Waals surface area contributed by atoms with Crippen molar-refractivity contribution in [1.82, 2.24) is 4.90 Å². The molecule has 0 radical (unpaired) electrons. The Bertz CT molecular complexity index is 168. The van der Waals surface area contributed by atoms with Crippen LogP contribution in [0.15, 0.2) is 0 Å². The van der Waals surface area contributed by atoms with Gasteiger partial charge in [0.25, 0.3) is 0 Å². The Kier molecular flexibility index (Phi) is 9.79. The van der Waals surface area contributed by atoms with Crippen molar-refractivity contribution in [3.8, 4) is 0 Å². The first-order chi connectivity index (χ1) is 8.20. The predicted molar refractivity (Wildman–Crippen MR) is 75.3 cm³/mol. The van der Waals surface area contributed by atoms with Gasteiger partial charge < -0.3 is 10.5 Å². The lowest BCUT2D eigenvalue weighted by molar-refractivity contribution is 0.0404. The van der Waals surface area contributed by atoms with Gasteiger partial charge in [-0.05, 0) is 26.3 Å². The number of likely N-dealkylation sites (N-methyl/N-ethyl adjacent to an activating group) is 1. The van der Waals surface area contributed by atoms with Crippen LogP contribution < -0.4 is 5.73 Å². The SMILES string of the molecule is CCCC(CN)(CCC)N(CC)CCOCC. The van der Waals surface area contributed by atoms with Crippen molar-refractivity contribution in [2.75, 3.05) is 32.8 Å². The minimum absolute atomic E-state index is 0.190. The molecular weight excluding hydrogens is 212 g/mol. The Balaban J connectivity index is 4.56. The maximum Gasteiger partial charge on any atom is 0.0593 e. The van der Waals surface area contributed by atoms with Gasteiger partial charge in [0.05, 0.1) is 6.61 Å². The van der Waals surface area contributed by atoms with Crippen LogP contribution in [0.25, 0.3) is 0 Å². The second-order valence-corrected chi connectivity index (χ2v) is 4.71. The van der Waals surface area contributed by atoms with Crippen molar-refractivity contribution in [3.05, 3.63) is 0 Å². The average molecular weight is 244 g/mol. The standard InChI is InChI=1S/C14H32N2O/c1-5-9-14(13-15,10-6-2)16(7-3)11-12-17-8-4/h5-13,15H2,1-4H3. The summed E-state index contributed by atoms with van der Waals surface area (Å²) in [7, 11) is 0. The number of hydrogen-bond acceptors (Lipinski definition) is 3. The van der Waals surface area contributed by atoms with E-state index in [9.17, 15) is 0 Å². The summed E-state index contributed by atoms with van der Waals surface area (Å²) in [6.07, 6.45) is 4.78. The van der Waals surface area contributed by atoms with Gasteiger partial charge in [0, 0.05) is 25.2 Å². The van der Waals surface area contributed by atoms with Crippen LogP contribution >= 0.6 is 0 Å². The summed E-state index contributed by atoms with van der Waals surface area (Å²) in [4.78, 5) is 2.52. The van der Waals surface area contributed by atoms with Crippen molar-refractivity contribution in [3.63, 3.8) is 0 Å². The first kappa shape index (κ1) is 16.9. The molecule has 0 rings (SSSR count). The monoisotopic (exact) mass is 244 g/mol. The number of ether oxygens (including phenoxy) is 1. The highest BCUT2D eigenvalue weighted by Crippen LogP contribution is 2.26. The molecule has 0 saturated carbocycles. The minimum atomic E-state index is 0.190. The highest BCUT2D eigenvalue weighted by Gasteiger charge is 2.32. The number of rotatable bonds is 11. The molecule has 0 aliphatic heterocycles. The molecule has 0 unspecified atom stereocenters. The normalized spacial score (nSPS) is 12.4. The quantitative estimate of drug-likeness (QED) is 0.568. The third-order valence-electron chi connectivity index (χ3n) is 3.57. The van der Waals surface area contributed by atoms with E-state index in [0.717, 1.165) is 32.8 Å². The molecule has 0 aromatic rings. The Hall–Kier alpha value is -0.120. The third kappa shape index (κ3) is 5.36. The predicted octanol–water partition coefficient (Wildman–Crippen LogP) is 2.64. The van der Waals surface area contributed by atoms with E-state index in [0.29, 0.717) is 0 Å². The van der Waals surface area contributed by atoms with Crippen molar-refractivity contribution in [2.45, 2.75) is 58.9 Å². The van der Waals surface area contributed by atoms with Crippen molar-refractivity contribution in [1.29, 1.82) is 0 Å². The van der Waals surface area contributed by atoms with Gasteiger partial charge in [0.1, 0.15) is 0 Å². The van der Waals surface area contributed by atoms with Crippen LogP contribution in [0.3, 0.4) is 0 Å². The molecule has 0 atom stereocenters. The number of nitrogens with zero attached hydrogens (tertiary/aromatic N) is 1. The smallest absolute Gasteiger partial charge is 0.0593 e. The van der Waals surface area contributed by atoms with Crippen LogP contribution in [0.1, 0.15) is 53.4 Å². The van der Waals surface area contributed by atoms with Crippen LogP contribution in [0.4, 0.5) is 0 Å². The summed E-state index contributed by atoms with van der Waals surface area (Å²) in [6.45, 7) is 13.2. The van der Waals surface area contributed by atoms with Gasteiger partial charge in [-0.25, -0.2) is 0 Å². The zero-order chi connectivity index (χ0) is 13.1. The molecule has 0 aliphatic carbocycles. The molecule has 3 nitrogen and oxygen atoms in total. The molecule has 17 heavy (non-hydrogen) atoms. The molecule has 0 aliphatic rings. The zero-order valence-electron chi connectivity index (χ0n) is 12.3. The van der Waals surface area contributed by atoms with Crippen LogP contribution in [0, 0.1) is 0 Å². The number of hydrogen-bond donors (Lipinski definition) is 1. The highest BCUT2D eigenvalue weighted by molar-refractivity contribution is 4.90. The van der Waals surface area contributed by atoms with Gasteiger partial charge in [-0.2, -0.15) is 0 Å². The number of nitrogens with two attached hydrogens (primary N) is 1. The summed E-state index contributed by atoms with van der Waals surface area (Å²) in [5, 5.41) is 0. The van der Waals surface area contributed by atoms with Crippen LogP contribution in [0.2, 0.25) is 0 Å². The highest BCUT2D eigenvalue weighted by atomic mass is 16.5. The Morgan fingerprint density at radius 1 is 1.06 bits per heavy atom. The van der Waals surface area contributed by atoms with Crippen molar-refractivity contribution < 1.29 is 4.74 Å². The molecule has 0 heterocycles. The van der Waals surface area contributed by atoms with E-state index >= 15 is 0 Å². The maximum absolute atomic E-state index is 6.08. The first-order valence-corrected chi connectivity index (χ1v) is 7.23. The molecule has 3 heteroatoms. The average Bonchev–Trinajstić information content (AvgIpc) is 2.34. The van der Waals surface area contributed by atoms with E-state index in [1.54, 1.807) is 0 Å². The van der Waals surface area contributed by atoms with Crippen molar-refractivity contribution >= 4 is 0 Å². The molecule has 0 fully saturated rings. The maximum atomic E-state index is 6.08. The first-order valence-electron chi connectivity index (χ1n) is 7.23. The van der Waals surface area contributed by atoms with Gasteiger partial charge in [-0.15, -0.1) is 0 Å². The topological polar surface area (TPSA) is 38.5 Å². The van der Waals surface area contributed by atoms with Gasteiger partial charge >= 0.3 is 0 Å². The Morgan fingerprint density at radius 3 is 2.00 bits per heavy atom. The van der Waals surface area contributed by atoms with E-state index in [-0.39, 0.29) is 5.54 Å².